The summed E-state index contributed by atoms with van der Waals surface area (Å²) in [7, 11) is 0. The zero-order valence-electron chi connectivity index (χ0n) is 22.4. The Bertz CT molecular complexity index is 1070. The summed E-state index contributed by atoms with van der Waals surface area (Å²) in [5.74, 6) is 0. The molecule has 0 saturated carbocycles. The average molecular weight is 593 g/mol. The number of hydrogen-bond acceptors (Lipinski definition) is 0. The van der Waals surface area contributed by atoms with E-state index in [0.717, 1.165) is 12.8 Å². The van der Waals surface area contributed by atoms with E-state index in [1.165, 1.54) is 38.2 Å². The van der Waals surface area contributed by atoms with E-state index in [9.17, 15) is 0 Å². The van der Waals surface area contributed by atoms with Gasteiger partial charge in [-0.3, -0.25) is 6.08 Å². The van der Waals surface area contributed by atoms with Crippen molar-refractivity contribution in [3.8, 4) is 0 Å². The molecule has 34 heavy (non-hydrogen) atoms. The molecule has 4 heteroatoms. The number of hydrogen-bond donors (Lipinski definition) is 0. The first-order valence-corrected chi connectivity index (χ1v) is 17.9. The molecule has 3 aromatic rings. The zero-order valence-corrected chi connectivity index (χ0v) is 27.5. The van der Waals surface area contributed by atoms with Crippen molar-refractivity contribution in [1.82, 2.24) is 0 Å². The summed E-state index contributed by atoms with van der Waals surface area (Å²) in [5, 5.41) is 5.48. The maximum absolute atomic E-state index is 3.21. The largest absolute Gasteiger partial charge is 0.147 e. The third kappa shape index (κ3) is 9.85. The van der Waals surface area contributed by atoms with E-state index in [1.807, 2.05) is 0 Å². The second-order valence-electron chi connectivity index (χ2n) is 10.9. The Morgan fingerprint density at radius 3 is 1.53 bits per heavy atom. The van der Waals surface area contributed by atoms with Crippen molar-refractivity contribution >= 4 is 51.8 Å². The van der Waals surface area contributed by atoms with Crippen LogP contribution in [0.5, 0.6) is 0 Å². The topological polar surface area (TPSA) is 0 Å². The van der Waals surface area contributed by atoms with Gasteiger partial charge in [-0.05, 0) is 10.8 Å². The molecule has 0 fully saturated rings. The van der Waals surface area contributed by atoms with Gasteiger partial charge in [0.25, 0.3) is 0 Å². The summed E-state index contributed by atoms with van der Waals surface area (Å²) in [5.41, 5.74) is 4.78. The minimum absolute atomic E-state index is 0. The average Bonchev–Trinajstić information content (AvgIpc) is 3.33. The summed E-state index contributed by atoms with van der Waals surface area (Å²) in [6.07, 6.45) is 9.65. The van der Waals surface area contributed by atoms with Crippen LogP contribution in [0.15, 0.2) is 60.2 Å². The molecule has 1 aliphatic rings. The van der Waals surface area contributed by atoms with Gasteiger partial charge in [-0.1, -0.05) is 90.3 Å². The number of allylic oxidation sites excluding steroid dienone is 4. The number of fused-ring (bicyclic) bond motifs is 3. The van der Waals surface area contributed by atoms with Crippen molar-refractivity contribution < 1.29 is 23.3 Å². The fraction of sp³-hybridized carbons (Fsp3) is 0.433. The van der Waals surface area contributed by atoms with Crippen molar-refractivity contribution in [2.24, 2.45) is 0 Å². The monoisotopic (exact) mass is 590 g/mol. The summed E-state index contributed by atoms with van der Waals surface area (Å²) >= 11 is 1.74. The van der Waals surface area contributed by atoms with Gasteiger partial charge in [0, 0.05) is 0 Å². The van der Waals surface area contributed by atoms with Gasteiger partial charge in [-0.2, -0.15) is 6.08 Å². The first-order valence-electron chi connectivity index (χ1n) is 11.7. The Morgan fingerprint density at radius 2 is 1.26 bits per heavy atom. The molecular formula is C30H42Cl2SiZr. The molecule has 3 aromatic carbocycles. The van der Waals surface area contributed by atoms with Crippen LogP contribution in [0, 0.1) is 6.08 Å². The van der Waals surface area contributed by atoms with Crippen LogP contribution in [0.25, 0.3) is 21.5 Å². The quantitative estimate of drug-likeness (QED) is 0.195. The molecular weight excluding hydrogens is 551 g/mol. The third-order valence-corrected chi connectivity index (χ3v) is 5.58. The molecule has 0 N–H and O–H groups in total. The predicted molar refractivity (Wildman–Crippen MR) is 157 cm³/mol. The Hall–Kier alpha value is -0.530. The first kappa shape index (κ1) is 33.5. The number of halogens is 2. The molecule has 0 heterocycles. The third-order valence-electron chi connectivity index (χ3n) is 5.58. The second kappa shape index (κ2) is 14.3. The van der Waals surface area contributed by atoms with Crippen LogP contribution in [0.1, 0.15) is 72.4 Å². The fourth-order valence-corrected chi connectivity index (χ4v) is 3.65. The van der Waals surface area contributed by atoms with Crippen LogP contribution in [-0.4, -0.2) is 5.43 Å². The molecule has 0 atom stereocenters. The van der Waals surface area contributed by atoms with E-state index >= 15 is 0 Å². The van der Waals surface area contributed by atoms with Gasteiger partial charge in [-0.15, -0.1) is 71.0 Å². The fourth-order valence-electron chi connectivity index (χ4n) is 3.65. The van der Waals surface area contributed by atoms with Crippen molar-refractivity contribution in [2.45, 2.75) is 85.2 Å². The van der Waals surface area contributed by atoms with E-state index in [2.05, 4.69) is 122 Å². The summed E-state index contributed by atoms with van der Waals surface area (Å²) in [6, 6.07) is 16.2. The van der Waals surface area contributed by atoms with Gasteiger partial charge in [0.15, 0.2) is 0 Å². The smallest absolute Gasteiger partial charge is 0.147 e. The van der Waals surface area contributed by atoms with Crippen LogP contribution in [0.3, 0.4) is 0 Å². The molecule has 1 aliphatic carbocycles. The molecule has 0 aromatic heterocycles. The van der Waals surface area contributed by atoms with Gasteiger partial charge in [0.1, 0.15) is 0 Å². The molecule has 184 valence electrons. The molecule has 4 rings (SSSR count). The van der Waals surface area contributed by atoms with Crippen LogP contribution < -0.4 is 0 Å². The van der Waals surface area contributed by atoms with Crippen LogP contribution in [0.2, 0.25) is 13.1 Å². The van der Waals surface area contributed by atoms with Gasteiger partial charge >= 0.3 is 41.9 Å². The number of rotatable bonds is 1. The Morgan fingerprint density at radius 1 is 0.853 bits per heavy atom. The Labute approximate surface area is 236 Å². The molecule has 0 saturated heterocycles. The van der Waals surface area contributed by atoms with Crippen LogP contribution >= 0.6 is 24.8 Å². The summed E-state index contributed by atoms with van der Waals surface area (Å²) in [4.78, 5) is 0. The number of benzene rings is 2. The van der Waals surface area contributed by atoms with Crippen molar-refractivity contribution in [3.05, 3.63) is 77.4 Å². The molecule has 0 bridgehead atoms. The van der Waals surface area contributed by atoms with Crippen molar-refractivity contribution in [3.63, 3.8) is 0 Å². The zero-order chi connectivity index (χ0) is 24.1. The minimum atomic E-state index is 0. The van der Waals surface area contributed by atoms with Gasteiger partial charge < -0.3 is 0 Å². The van der Waals surface area contributed by atoms with Gasteiger partial charge in [0.2, 0.25) is 0 Å². The van der Waals surface area contributed by atoms with E-state index in [1.54, 1.807) is 23.3 Å². The van der Waals surface area contributed by atoms with Crippen molar-refractivity contribution in [1.29, 1.82) is 0 Å². The standard InChI is InChI=1S/C21H25.C7H9.C2H6Si.2ClH.Zr/c1-20(2,3)16-7-9-18-14(12-16)11-15-13-17(21(4,5)6)8-10-19(15)18;1-2-7-5-3-4-6-7;1-3-2;;;/h7-13H,1-6H3;3,5H,2,4H2,1H3;1-2H3;2*1H;/q2*-1;;;;+2. The molecule has 0 unspecified atom stereocenters. The molecule has 0 amide bonds. The van der Waals surface area contributed by atoms with E-state index in [0.29, 0.717) is 0 Å². The van der Waals surface area contributed by atoms with E-state index < -0.39 is 0 Å². The van der Waals surface area contributed by atoms with Crippen LogP contribution in [0.4, 0.5) is 0 Å². The summed E-state index contributed by atoms with van der Waals surface area (Å²) in [6.45, 7) is 20.4. The van der Waals surface area contributed by atoms with Gasteiger partial charge in [-0.25, -0.2) is 11.6 Å². The predicted octanol–water partition coefficient (Wildman–Crippen LogP) is 10.0. The Kier molecular flexibility index (Phi) is 14.0. The molecule has 0 aliphatic heterocycles. The van der Waals surface area contributed by atoms with E-state index in [-0.39, 0.29) is 41.1 Å². The molecule has 0 spiro atoms. The van der Waals surface area contributed by atoms with Gasteiger partial charge in [0.05, 0.1) is 0 Å². The second-order valence-corrected chi connectivity index (χ2v) is 20.3. The minimum Gasteiger partial charge on any atom is -0.147 e. The molecule has 0 radical (unpaired) electrons. The first-order chi connectivity index (χ1) is 14.8. The SMILES string of the molecule is CC(C)(C)c1ccc2c(c1)[cH-]c1cc(C(C)(C)C)ccc12.CCC1=[C-]CC=C1.C[Si](C)=[Zr+2].Cl.Cl. The van der Waals surface area contributed by atoms with Crippen molar-refractivity contribution in [2.75, 3.05) is 0 Å². The Balaban J connectivity index is 0.000000702. The summed E-state index contributed by atoms with van der Waals surface area (Å²) < 4.78 is 0. The maximum Gasteiger partial charge on any atom is -0.147 e. The van der Waals surface area contributed by atoms with Crippen LogP contribution in [-0.2, 0) is 34.2 Å². The molecule has 0 nitrogen and oxygen atoms in total. The normalized spacial score (nSPS) is 12.6. The van der Waals surface area contributed by atoms with E-state index in [4.69, 9.17) is 0 Å². The maximum atomic E-state index is 3.21.